The smallest absolute Gasteiger partial charge is 0.254 e. The van der Waals surface area contributed by atoms with Gasteiger partial charge in [-0.05, 0) is 50.6 Å². The Balaban J connectivity index is 2.16. The molecule has 0 bridgehead atoms. The number of benzene rings is 2. The molecular weight excluding hydrogens is 336 g/mol. The fourth-order valence-corrected chi connectivity index (χ4v) is 3.72. The molecule has 1 N–H and O–H groups in total. The first-order valence-electron chi connectivity index (χ1n) is 8.29. The lowest BCUT2D eigenvalue weighted by Crippen LogP contribution is -2.31. The van der Waals surface area contributed by atoms with Crippen molar-refractivity contribution in [2.24, 2.45) is 0 Å². The summed E-state index contributed by atoms with van der Waals surface area (Å²) in [5, 5.41) is 0. The zero-order valence-electron chi connectivity index (χ0n) is 14.8. The quantitative estimate of drug-likeness (QED) is 0.825. The first-order valence-corrected chi connectivity index (χ1v) is 9.77. The summed E-state index contributed by atoms with van der Waals surface area (Å²) in [6.07, 6.45) is 0. The van der Waals surface area contributed by atoms with Crippen LogP contribution in [0.5, 0.6) is 0 Å². The Morgan fingerprint density at radius 3 is 2.16 bits per heavy atom. The summed E-state index contributed by atoms with van der Waals surface area (Å²) in [5.41, 5.74) is 1.53. The highest BCUT2D eigenvalue weighted by molar-refractivity contribution is 7.89. The Morgan fingerprint density at radius 1 is 1.04 bits per heavy atom. The lowest BCUT2D eigenvalue weighted by atomic mass is 10.1. The third kappa shape index (κ3) is 5.14. The van der Waals surface area contributed by atoms with Crippen molar-refractivity contribution in [2.75, 3.05) is 6.54 Å². The number of nitrogens with zero attached hydrogens (tertiary/aromatic N) is 1. The highest BCUT2D eigenvalue weighted by atomic mass is 32.2. The number of amides is 1. The number of hydrogen-bond donors (Lipinski definition) is 1. The lowest BCUT2D eigenvalue weighted by Gasteiger charge is -2.21. The minimum Gasteiger partial charge on any atom is -0.335 e. The Hall–Kier alpha value is -2.18. The van der Waals surface area contributed by atoms with E-state index in [0.717, 1.165) is 5.56 Å². The van der Waals surface area contributed by atoms with Crippen LogP contribution in [0.4, 0.5) is 0 Å². The number of nitrogens with one attached hydrogen (secondary N) is 1. The number of hydrogen-bond acceptors (Lipinski definition) is 3. The van der Waals surface area contributed by atoms with Crippen LogP contribution >= 0.6 is 0 Å². The third-order valence-electron chi connectivity index (χ3n) is 3.69. The van der Waals surface area contributed by atoms with Gasteiger partial charge in [-0.15, -0.1) is 0 Å². The van der Waals surface area contributed by atoms with Gasteiger partial charge in [0.2, 0.25) is 10.0 Å². The number of carbonyl (C=O) groups excluding carboxylic acids is 1. The van der Waals surface area contributed by atoms with E-state index in [4.69, 9.17) is 0 Å². The molecule has 2 rings (SSSR count). The molecule has 0 aliphatic rings. The van der Waals surface area contributed by atoms with E-state index in [0.29, 0.717) is 18.7 Å². The fraction of sp³-hybridized carbons (Fsp3) is 0.316. The van der Waals surface area contributed by atoms with Crippen LogP contribution in [0, 0.1) is 0 Å². The van der Waals surface area contributed by atoms with E-state index in [1.165, 1.54) is 12.1 Å². The van der Waals surface area contributed by atoms with Crippen molar-refractivity contribution >= 4 is 15.9 Å². The van der Waals surface area contributed by atoms with Gasteiger partial charge in [-0.3, -0.25) is 4.79 Å². The molecule has 0 fully saturated rings. The molecule has 25 heavy (non-hydrogen) atoms. The predicted molar refractivity (Wildman–Crippen MR) is 98.8 cm³/mol. The number of rotatable bonds is 7. The van der Waals surface area contributed by atoms with Crippen LogP contribution < -0.4 is 4.72 Å². The van der Waals surface area contributed by atoms with Crippen LogP contribution in [-0.2, 0) is 16.6 Å². The van der Waals surface area contributed by atoms with Gasteiger partial charge < -0.3 is 4.90 Å². The second kappa shape index (κ2) is 8.27. The average Bonchev–Trinajstić information content (AvgIpc) is 2.59. The average molecular weight is 360 g/mol. The third-order valence-corrected chi connectivity index (χ3v) is 5.36. The van der Waals surface area contributed by atoms with Crippen LogP contribution in [0.2, 0.25) is 0 Å². The first-order chi connectivity index (χ1) is 11.8. The predicted octanol–water partition coefficient (Wildman–Crippen LogP) is 3.04. The first kappa shape index (κ1) is 19.1. The maximum atomic E-state index is 12.7. The molecule has 0 heterocycles. The minimum absolute atomic E-state index is 0.118. The topological polar surface area (TPSA) is 66.5 Å². The molecule has 6 heteroatoms. The van der Waals surface area contributed by atoms with Crippen molar-refractivity contribution in [3.05, 3.63) is 65.7 Å². The van der Waals surface area contributed by atoms with Crippen molar-refractivity contribution in [3.63, 3.8) is 0 Å². The van der Waals surface area contributed by atoms with E-state index in [1.807, 2.05) is 37.3 Å². The molecule has 0 saturated heterocycles. The second-order valence-electron chi connectivity index (χ2n) is 6.11. The second-order valence-corrected chi connectivity index (χ2v) is 7.82. The van der Waals surface area contributed by atoms with E-state index in [1.54, 1.807) is 30.9 Å². The normalized spacial score (nSPS) is 11.5. The molecular formula is C19H24N2O3S. The highest BCUT2D eigenvalue weighted by Crippen LogP contribution is 2.14. The fourth-order valence-electron chi connectivity index (χ4n) is 2.47. The summed E-state index contributed by atoms with van der Waals surface area (Å²) in [6, 6.07) is 15.6. The Kier molecular flexibility index (Phi) is 6.33. The van der Waals surface area contributed by atoms with Crippen LogP contribution in [0.3, 0.4) is 0 Å². The van der Waals surface area contributed by atoms with Crippen LogP contribution in [0.1, 0.15) is 36.7 Å². The van der Waals surface area contributed by atoms with E-state index < -0.39 is 10.0 Å². The Labute approximate surface area is 149 Å². The van der Waals surface area contributed by atoms with Gasteiger partial charge in [-0.25, -0.2) is 13.1 Å². The number of sulfonamides is 1. The van der Waals surface area contributed by atoms with Gasteiger partial charge in [0.1, 0.15) is 0 Å². The van der Waals surface area contributed by atoms with Crippen molar-refractivity contribution in [1.82, 2.24) is 9.62 Å². The minimum atomic E-state index is -3.55. The highest BCUT2D eigenvalue weighted by Gasteiger charge is 2.18. The molecule has 2 aromatic carbocycles. The van der Waals surface area contributed by atoms with E-state index in [-0.39, 0.29) is 16.8 Å². The van der Waals surface area contributed by atoms with Gasteiger partial charge in [0.15, 0.2) is 0 Å². The number of carbonyl (C=O) groups is 1. The summed E-state index contributed by atoms with van der Waals surface area (Å²) >= 11 is 0. The molecule has 5 nitrogen and oxygen atoms in total. The maximum absolute atomic E-state index is 12.7. The molecule has 0 aliphatic carbocycles. The molecule has 0 aliphatic heterocycles. The van der Waals surface area contributed by atoms with Crippen LogP contribution in [0.15, 0.2) is 59.5 Å². The Morgan fingerprint density at radius 2 is 1.64 bits per heavy atom. The van der Waals surface area contributed by atoms with E-state index in [9.17, 15) is 13.2 Å². The monoisotopic (exact) mass is 360 g/mol. The molecule has 0 spiro atoms. The molecule has 2 aromatic rings. The standard InChI is InChI=1S/C19H24N2O3S/c1-4-21(14-16-8-6-5-7-9-16)19(22)17-10-12-18(13-11-17)25(23,24)20-15(2)3/h5-13,15,20H,4,14H2,1-3H3. The molecule has 0 atom stereocenters. The van der Waals surface area contributed by atoms with E-state index >= 15 is 0 Å². The maximum Gasteiger partial charge on any atom is 0.254 e. The summed E-state index contributed by atoms with van der Waals surface area (Å²) in [7, 11) is -3.55. The largest absolute Gasteiger partial charge is 0.335 e. The molecule has 0 unspecified atom stereocenters. The van der Waals surface area contributed by atoms with Gasteiger partial charge in [0.25, 0.3) is 5.91 Å². The molecule has 0 saturated carbocycles. The van der Waals surface area contributed by atoms with Crippen LogP contribution in [-0.4, -0.2) is 31.8 Å². The van der Waals surface area contributed by atoms with Crippen molar-refractivity contribution < 1.29 is 13.2 Å². The van der Waals surface area contributed by atoms with Gasteiger partial charge in [-0.1, -0.05) is 30.3 Å². The van der Waals surface area contributed by atoms with Crippen molar-refractivity contribution in [2.45, 2.75) is 38.3 Å². The van der Waals surface area contributed by atoms with Crippen molar-refractivity contribution in [1.29, 1.82) is 0 Å². The molecule has 0 aromatic heterocycles. The summed E-state index contributed by atoms with van der Waals surface area (Å²) in [6.45, 7) is 6.54. The SMILES string of the molecule is CCN(Cc1ccccc1)C(=O)c1ccc(S(=O)(=O)NC(C)C)cc1. The van der Waals surface area contributed by atoms with Gasteiger partial charge in [0.05, 0.1) is 4.90 Å². The van der Waals surface area contributed by atoms with Crippen molar-refractivity contribution in [3.8, 4) is 0 Å². The zero-order valence-corrected chi connectivity index (χ0v) is 15.6. The summed E-state index contributed by atoms with van der Waals surface area (Å²) in [5.74, 6) is -0.118. The summed E-state index contributed by atoms with van der Waals surface area (Å²) < 4.78 is 26.8. The zero-order chi connectivity index (χ0) is 18.4. The Bertz CT molecular complexity index is 800. The van der Waals surface area contributed by atoms with Gasteiger partial charge in [-0.2, -0.15) is 0 Å². The molecule has 134 valence electrons. The molecule has 1 amide bonds. The molecule has 0 radical (unpaired) electrons. The van der Waals surface area contributed by atoms with Crippen LogP contribution in [0.25, 0.3) is 0 Å². The lowest BCUT2D eigenvalue weighted by molar-refractivity contribution is 0.0752. The van der Waals surface area contributed by atoms with Gasteiger partial charge in [0, 0.05) is 24.7 Å². The van der Waals surface area contributed by atoms with Gasteiger partial charge >= 0.3 is 0 Å². The summed E-state index contributed by atoms with van der Waals surface area (Å²) in [4.78, 5) is 14.6. The van der Waals surface area contributed by atoms with E-state index in [2.05, 4.69) is 4.72 Å².